The van der Waals surface area contributed by atoms with E-state index in [9.17, 15) is 0 Å². The van der Waals surface area contributed by atoms with Crippen LogP contribution in [-0.2, 0) is 5.41 Å². The topological polar surface area (TPSA) is 6.48 Å². The number of hydrogen-bond acceptors (Lipinski definition) is 2. The first-order valence-corrected chi connectivity index (χ1v) is 20.9. The zero-order valence-electron chi connectivity index (χ0n) is 34.1. The van der Waals surface area contributed by atoms with Crippen LogP contribution in [0, 0.1) is 0 Å². The van der Waals surface area contributed by atoms with E-state index in [0.717, 1.165) is 34.1 Å². The molecule has 0 aliphatic rings. The summed E-state index contributed by atoms with van der Waals surface area (Å²) in [6.45, 7) is 6.91. The summed E-state index contributed by atoms with van der Waals surface area (Å²) in [4.78, 5) is 4.74. The molecule has 286 valence electrons. The molecule has 11 aromatic rings. The molecule has 0 saturated heterocycles. The summed E-state index contributed by atoms with van der Waals surface area (Å²) in [6, 6.07) is 78.0. The number of benzene rings is 11. The third-order valence-electron chi connectivity index (χ3n) is 12.3. The van der Waals surface area contributed by atoms with E-state index in [1.807, 2.05) is 0 Å². The lowest BCUT2D eigenvalue weighted by atomic mass is 9.83. The molecule has 2 heteroatoms. The summed E-state index contributed by atoms with van der Waals surface area (Å²) in [6.07, 6.45) is 0. The SMILES string of the molecule is CC(C)(C)c1ccc2c(c1)c1ccccc1c1cc3c4cc(N(c5ccccc5)c5ccccc5)ccc4c4ccc(N(c5ccccc5)c5ccccc5)cc4c3cc21. The highest BCUT2D eigenvalue weighted by Gasteiger charge is 2.21. The van der Waals surface area contributed by atoms with Gasteiger partial charge in [-0.25, -0.2) is 0 Å². The third kappa shape index (κ3) is 5.95. The Bertz CT molecular complexity index is 3310. The van der Waals surface area contributed by atoms with Crippen molar-refractivity contribution in [3.8, 4) is 0 Å². The molecule has 0 saturated carbocycles. The van der Waals surface area contributed by atoms with Crippen molar-refractivity contribution in [2.24, 2.45) is 0 Å². The van der Waals surface area contributed by atoms with Crippen LogP contribution in [0.4, 0.5) is 34.1 Å². The van der Waals surface area contributed by atoms with Crippen LogP contribution in [-0.4, -0.2) is 0 Å². The van der Waals surface area contributed by atoms with Crippen molar-refractivity contribution >= 4 is 98.8 Å². The Morgan fingerprint density at radius 1 is 0.233 bits per heavy atom. The number of rotatable bonds is 6. The van der Waals surface area contributed by atoms with Gasteiger partial charge in [0, 0.05) is 34.1 Å². The molecule has 0 fully saturated rings. The van der Waals surface area contributed by atoms with Gasteiger partial charge in [-0.15, -0.1) is 0 Å². The van der Waals surface area contributed by atoms with Crippen LogP contribution in [0.1, 0.15) is 26.3 Å². The van der Waals surface area contributed by atoms with E-state index in [1.54, 1.807) is 0 Å². The Kier molecular flexibility index (Phi) is 8.42. The number of para-hydroxylation sites is 4. The highest BCUT2D eigenvalue weighted by molar-refractivity contribution is 6.33. The summed E-state index contributed by atoms with van der Waals surface area (Å²) in [5.74, 6) is 0. The van der Waals surface area contributed by atoms with Crippen molar-refractivity contribution in [2.75, 3.05) is 9.80 Å². The first-order chi connectivity index (χ1) is 29.4. The smallest absolute Gasteiger partial charge is 0.0468 e. The maximum atomic E-state index is 2.50. The minimum atomic E-state index is 0.0353. The Hall–Kier alpha value is -7.42. The van der Waals surface area contributed by atoms with Crippen molar-refractivity contribution in [2.45, 2.75) is 26.2 Å². The van der Waals surface area contributed by atoms with E-state index < -0.39 is 0 Å². The molecule has 0 unspecified atom stereocenters. The predicted octanol–water partition coefficient (Wildman–Crippen LogP) is 16.8. The van der Waals surface area contributed by atoms with Gasteiger partial charge in [0.25, 0.3) is 0 Å². The Labute approximate surface area is 351 Å². The summed E-state index contributed by atoms with van der Waals surface area (Å²) < 4.78 is 0. The molecular formula is C58H44N2. The normalized spacial score (nSPS) is 11.9. The van der Waals surface area contributed by atoms with Gasteiger partial charge in [0.2, 0.25) is 0 Å². The summed E-state index contributed by atoms with van der Waals surface area (Å²) in [5, 5.41) is 15.1. The molecule has 0 aliphatic carbocycles. The van der Waals surface area contributed by atoms with E-state index in [-0.39, 0.29) is 5.41 Å². The number of fused-ring (bicyclic) bond motifs is 12. The first-order valence-electron chi connectivity index (χ1n) is 20.9. The monoisotopic (exact) mass is 768 g/mol. The minimum absolute atomic E-state index is 0.0353. The largest absolute Gasteiger partial charge is 0.310 e. The lowest BCUT2D eigenvalue weighted by molar-refractivity contribution is 0.591. The molecule has 0 amide bonds. The molecular weight excluding hydrogens is 725 g/mol. The van der Waals surface area contributed by atoms with Crippen LogP contribution in [0.3, 0.4) is 0 Å². The third-order valence-corrected chi connectivity index (χ3v) is 12.3. The Morgan fingerprint density at radius 2 is 0.517 bits per heavy atom. The van der Waals surface area contributed by atoms with Gasteiger partial charge < -0.3 is 9.80 Å². The van der Waals surface area contributed by atoms with E-state index >= 15 is 0 Å². The van der Waals surface area contributed by atoms with Crippen molar-refractivity contribution in [3.63, 3.8) is 0 Å². The quantitative estimate of drug-likeness (QED) is 0.123. The lowest BCUT2D eigenvalue weighted by Crippen LogP contribution is -2.10. The zero-order valence-corrected chi connectivity index (χ0v) is 34.1. The molecule has 0 radical (unpaired) electrons. The molecule has 11 rings (SSSR count). The number of hydrogen-bond donors (Lipinski definition) is 0. The lowest BCUT2D eigenvalue weighted by Gasteiger charge is -2.27. The molecule has 0 aromatic heterocycles. The maximum absolute atomic E-state index is 2.50. The van der Waals surface area contributed by atoms with Crippen LogP contribution >= 0.6 is 0 Å². The van der Waals surface area contributed by atoms with Crippen molar-refractivity contribution in [1.29, 1.82) is 0 Å². The minimum Gasteiger partial charge on any atom is -0.310 e. The highest BCUT2D eigenvalue weighted by atomic mass is 15.1. The van der Waals surface area contributed by atoms with E-state index in [4.69, 9.17) is 0 Å². The summed E-state index contributed by atoms with van der Waals surface area (Å²) >= 11 is 0. The highest BCUT2D eigenvalue weighted by Crippen LogP contribution is 2.46. The van der Waals surface area contributed by atoms with Gasteiger partial charge in [-0.1, -0.05) is 142 Å². The van der Waals surface area contributed by atoms with Gasteiger partial charge in [-0.05, 0) is 167 Å². The predicted molar refractivity (Wildman–Crippen MR) is 260 cm³/mol. The molecule has 11 aromatic carbocycles. The molecule has 2 nitrogen and oxygen atoms in total. The van der Waals surface area contributed by atoms with Gasteiger partial charge in [-0.2, -0.15) is 0 Å². The second kappa shape index (κ2) is 14.1. The summed E-state index contributed by atoms with van der Waals surface area (Å²) in [5.41, 5.74) is 8.11. The molecule has 0 bridgehead atoms. The molecule has 0 N–H and O–H groups in total. The van der Waals surface area contributed by atoms with Gasteiger partial charge >= 0.3 is 0 Å². The standard InChI is InChI=1S/C58H44N2/c1-58(2,3)39-28-31-50-51(34-39)46-26-16-17-27-47(46)54-37-56-52-35-44(59(40-18-8-4-9-19-40)41-20-10-5-11-21-41)29-32-48(52)49-33-30-45(36-53(49)57(56)38-55(50)54)60(42-22-12-6-13-23-42)43-24-14-7-15-25-43/h4-38H,1-3H3. The van der Waals surface area contributed by atoms with E-state index in [2.05, 4.69) is 243 Å². The molecule has 0 atom stereocenters. The fourth-order valence-electron chi connectivity index (χ4n) is 9.37. The van der Waals surface area contributed by atoms with Crippen LogP contribution < -0.4 is 9.80 Å². The average Bonchev–Trinajstić information content (AvgIpc) is 3.30. The van der Waals surface area contributed by atoms with Gasteiger partial charge in [0.15, 0.2) is 0 Å². The second-order valence-corrected chi connectivity index (χ2v) is 17.0. The second-order valence-electron chi connectivity index (χ2n) is 17.0. The number of nitrogens with zero attached hydrogens (tertiary/aromatic N) is 2. The van der Waals surface area contributed by atoms with Gasteiger partial charge in [0.1, 0.15) is 0 Å². The average molecular weight is 769 g/mol. The van der Waals surface area contributed by atoms with Gasteiger partial charge in [-0.3, -0.25) is 0 Å². The fourth-order valence-corrected chi connectivity index (χ4v) is 9.37. The van der Waals surface area contributed by atoms with Crippen LogP contribution in [0.5, 0.6) is 0 Å². The van der Waals surface area contributed by atoms with Crippen LogP contribution in [0.2, 0.25) is 0 Å². The molecule has 0 spiro atoms. The number of anilines is 6. The maximum Gasteiger partial charge on any atom is 0.0468 e. The molecule has 0 heterocycles. The van der Waals surface area contributed by atoms with Crippen molar-refractivity contribution in [3.05, 3.63) is 218 Å². The summed E-state index contributed by atoms with van der Waals surface area (Å²) in [7, 11) is 0. The van der Waals surface area contributed by atoms with Crippen LogP contribution in [0.15, 0.2) is 212 Å². The van der Waals surface area contributed by atoms with E-state index in [1.165, 1.54) is 70.2 Å². The van der Waals surface area contributed by atoms with Crippen molar-refractivity contribution < 1.29 is 0 Å². The fraction of sp³-hybridized carbons (Fsp3) is 0.0690. The molecule has 60 heavy (non-hydrogen) atoms. The Morgan fingerprint density at radius 3 is 0.900 bits per heavy atom. The first kappa shape index (κ1) is 35.7. The zero-order chi connectivity index (χ0) is 40.4. The Balaban J connectivity index is 1.27. The van der Waals surface area contributed by atoms with Crippen molar-refractivity contribution in [1.82, 2.24) is 0 Å². The van der Waals surface area contributed by atoms with Crippen LogP contribution in [0.25, 0.3) is 64.6 Å². The molecule has 0 aliphatic heterocycles. The van der Waals surface area contributed by atoms with Gasteiger partial charge in [0.05, 0.1) is 0 Å². The van der Waals surface area contributed by atoms with E-state index in [0.29, 0.717) is 0 Å².